The number of benzene rings is 3. The molecule has 2 saturated heterocycles. The SMILES string of the molecule is CC1(C)CCC(CN2CCN(c3ccc(C(=O)NS(=O)(=O)c4cc5c(c([N+](=O)[O-])c4)C[C@@H](CC(=O)N4CCCCC4)C5)c(Oc4cnc5[nH]ccc5c4)c3)CC2)=C(c2ccc(Cl)cc2)C1. The zero-order chi connectivity index (χ0) is 45.5. The number of anilines is 1. The molecule has 4 aliphatic rings. The van der Waals surface area contributed by atoms with Crippen LogP contribution < -0.4 is 14.4 Å². The van der Waals surface area contributed by atoms with Crippen molar-refractivity contribution in [2.24, 2.45) is 11.3 Å². The van der Waals surface area contributed by atoms with Gasteiger partial charge in [0, 0.05) is 92.2 Å². The second kappa shape index (κ2) is 18.2. The second-order valence-corrected chi connectivity index (χ2v) is 20.9. The van der Waals surface area contributed by atoms with E-state index >= 15 is 0 Å². The molecule has 0 bridgehead atoms. The number of nitrogens with one attached hydrogen (secondary N) is 2. The Bertz CT molecular complexity index is 2790. The summed E-state index contributed by atoms with van der Waals surface area (Å²) in [5.41, 5.74) is 6.31. The summed E-state index contributed by atoms with van der Waals surface area (Å²) in [6.07, 6.45) is 10.3. The third kappa shape index (κ3) is 9.92. The average molecular weight is 921 g/mol. The number of fused-ring (bicyclic) bond motifs is 2. The molecule has 5 aromatic rings. The number of ether oxygens (including phenoxy) is 1. The standard InChI is InChI=1S/C49H54ClN7O7S/c1-49(2)14-12-35(43(29-49)33-6-8-37(50)9-7-33)31-54-18-20-55(21-19-54)38-10-11-41(45(27-38)64-39-25-34-13-15-51-47(34)52-30-39)48(59)53-65(62,63)40-26-36-22-32(23-42(36)44(28-40)57(60)61)24-46(58)56-16-4-3-5-17-56/h6-11,13,15,25-28,30,32H,3-5,12,14,16-24,29,31H2,1-2H3,(H,51,52)(H,53,59)/t32-/m0/s1. The minimum absolute atomic E-state index is 0.0152. The quantitative estimate of drug-likeness (QED) is 0.0910. The van der Waals surface area contributed by atoms with Crippen molar-refractivity contribution in [3.05, 3.63) is 122 Å². The summed E-state index contributed by atoms with van der Waals surface area (Å²) >= 11 is 6.25. The Morgan fingerprint density at radius 2 is 1.74 bits per heavy atom. The Morgan fingerprint density at radius 3 is 2.49 bits per heavy atom. The summed E-state index contributed by atoms with van der Waals surface area (Å²) in [6, 6.07) is 19.3. The topological polar surface area (TPSA) is 171 Å². The van der Waals surface area contributed by atoms with Crippen LogP contribution >= 0.6 is 11.6 Å². The van der Waals surface area contributed by atoms with Crippen LogP contribution in [0.3, 0.4) is 0 Å². The highest BCUT2D eigenvalue weighted by molar-refractivity contribution is 7.90. The number of allylic oxidation sites excluding steroid dienone is 1. The predicted octanol–water partition coefficient (Wildman–Crippen LogP) is 8.94. The highest BCUT2D eigenvalue weighted by Crippen LogP contribution is 2.44. The number of aromatic amines is 1. The lowest BCUT2D eigenvalue weighted by Gasteiger charge is -2.39. The molecular formula is C49H54ClN7O7S. The summed E-state index contributed by atoms with van der Waals surface area (Å²) < 4.78 is 36.5. The Kier molecular flexibility index (Phi) is 12.5. The lowest BCUT2D eigenvalue weighted by atomic mass is 9.72. The molecule has 16 heteroatoms. The number of hydrogen-bond donors (Lipinski definition) is 2. The number of nitro groups is 1. The van der Waals surface area contributed by atoms with E-state index in [1.165, 1.54) is 29.0 Å². The lowest BCUT2D eigenvalue weighted by molar-refractivity contribution is -0.385. The highest BCUT2D eigenvalue weighted by Gasteiger charge is 2.35. The third-order valence-corrected chi connectivity index (χ3v) is 15.1. The van der Waals surface area contributed by atoms with Gasteiger partial charge in [-0.25, -0.2) is 18.1 Å². The van der Waals surface area contributed by atoms with Gasteiger partial charge in [0.2, 0.25) is 5.91 Å². The van der Waals surface area contributed by atoms with Gasteiger partial charge in [0.25, 0.3) is 21.6 Å². The molecule has 0 spiro atoms. The normalized spacial score (nSPS) is 19.0. The number of halogens is 1. The van der Waals surface area contributed by atoms with Crippen molar-refractivity contribution in [1.82, 2.24) is 24.5 Å². The number of H-pyrrole nitrogens is 1. The molecule has 2 fully saturated rings. The zero-order valence-electron chi connectivity index (χ0n) is 36.8. The molecule has 0 radical (unpaired) electrons. The van der Waals surface area contributed by atoms with Gasteiger partial charge in [0.15, 0.2) is 0 Å². The van der Waals surface area contributed by atoms with Crippen LogP contribution in [-0.2, 0) is 27.7 Å². The number of carbonyl (C=O) groups is 2. The van der Waals surface area contributed by atoms with Crippen molar-refractivity contribution in [3.8, 4) is 11.5 Å². The number of pyridine rings is 1. The van der Waals surface area contributed by atoms with Gasteiger partial charge in [-0.05, 0) is 122 Å². The average Bonchev–Trinajstić information content (AvgIpc) is 3.93. The summed E-state index contributed by atoms with van der Waals surface area (Å²) in [6.45, 7) is 10.0. The fraction of sp³-hybridized carbons (Fsp3) is 0.408. The molecule has 2 aliphatic heterocycles. The van der Waals surface area contributed by atoms with Gasteiger partial charge in [0.05, 0.1) is 21.6 Å². The van der Waals surface area contributed by atoms with Crippen molar-refractivity contribution in [3.63, 3.8) is 0 Å². The number of sulfonamides is 1. The molecule has 340 valence electrons. The maximum absolute atomic E-state index is 14.1. The molecule has 2 aromatic heterocycles. The van der Waals surface area contributed by atoms with Crippen LogP contribution in [0, 0.1) is 21.4 Å². The van der Waals surface area contributed by atoms with Gasteiger partial charge in [-0.3, -0.25) is 24.6 Å². The van der Waals surface area contributed by atoms with E-state index in [0.717, 1.165) is 93.4 Å². The van der Waals surface area contributed by atoms with Gasteiger partial charge in [-0.1, -0.05) is 43.2 Å². The molecule has 0 unspecified atom stereocenters. The predicted molar refractivity (Wildman–Crippen MR) is 251 cm³/mol. The largest absolute Gasteiger partial charge is 0.455 e. The first-order valence-corrected chi connectivity index (χ1v) is 24.4. The first-order valence-electron chi connectivity index (χ1n) is 22.5. The lowest BCUT2D eigenvalue weighted by Crippen LogP contribution is -2.47. The summed E-state index contributed by atoms with van der Waals surface area (Å²) in [7, 11) is -4.61. The molecule has 4 heterocycles. The second-order valence-electron chi connectivity index (χ2n) is 18.8. The molecule has 1 atom stereocenters. The molecule has 3 aromatic carbocycles. The third-order valence-electron chi connectivity index (χ3n) is 13.5. The van der Waals surface area contributed by atoms with Crippen LogP contribution in [0.5, 0.6) is 11.5 Å². The van der Waals surface area contributed by atoms with E-state index in [0.29, 0.717) is 48.5 Å². The van der Waals surface area contributed by atoms with Crippen molar-refractivity contribution in [2.75, 3.05) is 50.7 Å². The fourth-order valence-electron chi connectivity index (χ4n) is 9.97. The van der Waals surface area contributed by atoms with Crippen LogP contribution in [0.25, 0.3) is 16.6 Å². The molecule has 9 rings (SSSR count). The number of amides is 2. The van der Waals surface area contributed by atoms with Gasteiger partial charge < -0.3 is 19.5 Å². The summed E-state index contributed by atoms with van der Waals surface area (Å²) in [4.78, 5) is 52.6. The number of rotatable bonds is 12. The summed E-state index contributed by atoms with van der Waals surface area (Å²) in [5, 5.41) is 13.8. The van der Waals surface area contributed by atoms with Crippen LogP contribution in [0.15, 0.2) is 89.6 Å². The Hall–Kier alpha value is -5.77. The molecule has 0 saturated carbocycles. The van der Waals surface area contributed by atoms with E-state index < -0.39 is 25.7 Å². The van der Waals surface area contributed by atoms with Gasteiger partial charge >= 0.3 is 0 Å². The zero-order valence-corrected chi connectivity index (χ0v) is 38.3. The van der Waals surface area contributed by atoms with E-state index in [9.17, 15) is 28.1 Å². The Balaban J connectivity index is 0.935. The highest BCUT2D eigenvalue weighted by atomic mass is 35.5. The number of hydrogen-bond acceptors (Lipinski definition) is 10. The van der Waals surface area contributed by atoms with Crippen molar-refractivity contribution >= 4 is 61.4 Å². The van der Waals surface area contributed by atoms with Crippen LogP contribution in [0.2, 0.25) is 5.02 Å². The maximum atomic E-state index is 14.1. The molecule has 2 amide bonds. The fourth-order valence-corrected chi connectivity index (χ4v) is 11.1. The minimum atomic E-state index is -4.61. The van der Waals surface area contributed by atoms with Crippen LogP contribution in [0.1, 0.15) is 85.8 Å². The summed E-state index contributed by atoms with van der Waals surface area (Å²) in [5.74, 6) is -0.666. The van der Waals surface area contributed by atoms with E-state index in [1.807, 2.05) is 23.1 Å². The van der Waals surface area contributed by atoms with E-state index in [1.54, 1.807) is 30.5 Å². The maximum Gasteiger partial charge on any atom is 0.274 e. The first-order chi connectivity index (χ1) is 31.2. The number of likely N-dealkylation sites (tertiary alicyclic amines) is 1. The number of nitro benzene ring substituents is 1. The number of nitrogens with zero attached hydrogens (tertiary/aromatic N) is 5. The van der Waals surface area contributed by atoms with Crippen molar-refractivity contribution < 1.29 is 27.7 Å². The number of aromatic nitrogens is 2. The number of piperazine rings is 1. The van der Waals surface area contributed by atoms with E-state index in [-0.39, 0.29) is 40.7 Å². The van der Waals surface area contributed by atoms with E-state index in [4.69, 9.17) is 16.3 Å². The smallest absolute Gasteiger partial charge is 0.274 e. The minimum Gasteiger partial charge on any atom is -0.455 e. The number of carbonyl (C=O) groups excluding carboxylic acids is 2. The van der Waals surface area contributed by atoms with E-state index in [2.05, 4.69) is 50.5 Å². The molecule has 14 nitrogen and oxygen atoms in total. The molecular weight excluding hydrogens is 866 g/mol. The molecule has 2 N–H and O–H groups in total. The molecule has 65 heavy (non-hydrogen) atoms. The first kappa shape index (κ1) is 44.4. The van der Waals surface area contributed by atoms with Gasteiger partial charge in [0.1, 0.15) is 17.1 Å². The van der Waals surface area contributed by atoms with Gasteiger partial charge in [-0.15, -0.1) is 0 Å². The van der Waals surface area contributed by atoms with Gasteiger partial charge in [-0.2, -0.15) is 0 Å². The van der Waals surface area contributed by atoms with Crippen LogP contribution in [0.4, 0.5) is 11.4 Å². The molecule has 2 aliphatic carbocycles. The van der Waals surface area contributed by atoms with Crippen molar-refractivity contribution in [1.29, 1.82) is 0 Å². The van der Waals surface area contributed by atoms with Crippen molar-refractivity contribution in [2.45, 2.75) is 76.5 Å². The Morgan fingerprint density at radius 1 is 0.969 bits per heavy atom. The Labute approximate surface area is 384 Å². The monoisotopic (exact) mass is 919 g/mol. The number of piperidine rings is 1. The van der Waals surface area contributed by atoms with Crippen LogP contribution in [-0.4, -0.2) is 90.7 Å².